The quantitative estimate of drug-likeness (QED) is 0.663. The van der Waals surface area contributed by atoms with Crippen LogP contribution in [0.25, 0.3) is 0 Å². The molecule has 0 spiro atoms. The highest BCUT2D eigenvalue weighted by atomic mass is 35.5. The molecule has 19 heavy (non-hydrogen) atoms. The van der Waals surface area contributed by atoms with Crippen molar-refractivity contribution >= 4 is 11.6 Å². The van der Waals surface area contributed by atoms with E-state index in [1.54, 1.807) is 6.07 Å². The van der Waals surface area contributed by atoms with Gasteiger partial charge >= 0.3 is 0 Å². The van der Waals surface area contributed by atoms with Crippen molar-refractivity contribution in [1.29, 1.82) is 0 Å². The first-order valence-corrected chi connectivity index (χ1v) is 6.44. The molecule has 0 heterocycles. The van der Waals surface area contributed by atoms with Crippen LogP contribution in [0.4, 0.5) is 4.39 Å². The Morgan fingerprint density at radius 2 is 2.05 bits per heavy atom. The molecule has 0 aliphatic carbocycles. The maximum Gasteiger partial charge on any atom is 0.128 e. The number of nitrogens with one attached hydrogen (secondary N) is 1. The number of hydrazine groups is 1. The third kappa shape index (κ3) is 3.53. The van der Waals surface area contributed by atoms with Crippen LogP contribution in [-0.2, 0) is 6.42 Å². The molecule has 0 aliphatic rings. The van der Waals surface area contributed by atoms with E-state index < -0.39 is 0 Å². The lowest BCUT2D eigenvalue weighted by Crippen LogP contribution is -2.30. The van der Waals surface area contributed by atoms with Gasteiger partial charge in [0.25, 0.3) is 0 Å². The molecule has 0 aromatic heterocycles. The Balaban J connectivity index is 2.27. The Morgan fingerprint density at radius 1 is 1.26 bits per heavy atom. The standard InChI is InChI=1S/C15H16ClFN2/c1-10-3-2-4-11(7-10)8-15(19-18)13-9-12(16)5-6-14(13)17/h2-7,9,15,19H,8,18H2,1H3. The molecule has 2 aromatic rings. The number of aryl methyl sites for hydroxylation is 1. The second-order valence-corrected chi connectivity index (χ2v) is 5.01. The van der Waals surface area contributed by atoms with Crippen LogP contribution in [0.1, 0.15) is 22.7 Å². The van der Waals surface area contributed by atoms with E-state index in [9.17, 15) is 4.39 Å². The molecule has 2 rings (SSSR count). The van der Waals surface area contributed by atoms with Gasteiger partial charge in [-0.15, -0.1) is 0 Å². The highest BCUT2D eigenvalue weighted by Crippen LogP contribution is 2.24. The van der Waals surface area contributed by atoms with Gasteiger partial charge in [-0.2, -0.15) is 0 Å². The van der Waals surface area contributed by atoms with Gasteiger partial charge in [0.05, 0.1) is 6.04 Å². The topological polar surface area (TPSA) is 38.0 Å². The maximum absolute atomic E-state index is 13.8. The van der Waals surface area contributed by atoms with E-state index in [2.05, 4.69) is 11.5 Å². The molecule has 3 N–H and O–H groups in total. The third-order valence-corrected chi connectivity index (χ3v) is 3.29. The average Bonchev–Trinajstić information content (AvgIpc) is 2.39. The monoisotopic (exact) mass is 278 g/mol. The summed E-state index contributed by atoms with van der Waals surface area (Å²) in [5, 5.41) is 0.501. The van der Waals surface area contributed by atoms with Crippen LogP contribution < -0.4 is 11.3 Å². The van der Waals surface area contributed by atoms with Gasteiger partial charge in [0.15, 0.2) is 0 Å². The van der Waals surface area contributed by atoms with Crippen molar-refractivity contribution in [2.24, 2.45) is 5.84 Å². The molecule has 0 fully saturated rings. The summed E-state index contributed by atoms with van der Waals surface area (Å²) < 4.78 is 13.8. The van der Waals surface area contributed by atoms with Crippen molar-refractivity contribution in [2.75, 3.05) is 0 Å². The highest BCUT2D eigenvalue weighted by molar-refractivity contribution is 6.30. The third-order valence-electron chi connectivity index (χ3n) is 3.06. The minimum Gasteiger partial charge on any atom is -0.271 e. The van der Waals surface area contributed by atoms with E-state index in [0.717, 1.165) is 5.56 Å². The second kappa shape index (κ2) is 6.15. The van der Waals surface area contributed by atoms with Crippen molar-refractivity contribution in [3.8, 4) is 0 Å². The van der Waals surface area contributed by atoms with Gasteiger partial charge in [0.1, 0.15) is 5.82 Å². The van der Waals surface area contributed by atoms with E-state index in [-0.39, 0.29) is 11.9 Å². The van der Waals surface area contributed by atoms with Crippen LogP contribution in [0, 0.1) is 12.7 Å². The van der Waals surface area contributed by atoms with E-state index in [1.165, 1.54) is 17.7 Å². The Labute approximate surface area is 117 Å². The minimum absolute atomic E-state index is 0.305. The Kier molecular flexibility index (Phi) is 4.53. The predicted octanol–water partition coefficient (Wildman–Crippen LogP) is 3.53. The molecule has 0 saturated carbocycles. The highest BCUT2D eigenvalue weighted by Gasteiger charge is 2.15. The predicted molar refractivity (Wildman–Crippen MR) is 76.4 cm³/mol. The van der Waals surface area contributed by atoms with Gasteiger partial charge < -0.3 is 0 Å². The van der Waals surface area contributed by atoms with Crippen molar-refractivity contribution in [3.63, 3.8) is 0 Å². The Hall–Kier alpha value is -1.42. The first-order valence-electron chi connectivity index (χ1n) is 6.07. The maximum atomic E-state index is 13.8. The SMILES string of the molecule is Cc1cccc(CC(NN)c2cc(Cl)ccc2F)c1. The molecule has 1 atom stereocenters. The second-order valence-electron chi connectivity index (χ2n) is 4.58. The lowest BCUT2D eigenvalue weighted by atomic mass is 9.98. The molecule has 0 aliphatic heterocycles. The fourth-order valence-corrected chi connectivity index (χ4v) is 2.30. The van der Waals surface area contributed by atoms with E-state index >= 15 is 0 Å². The van der Waals surface area contributed by atoms with E-state index in [4.69, 9.17) is 17.4 Å². The van der Waals surface area contributed by atoms with Crippen molar-refractivity contribution in [3.05, 3.63) is 70.0 Å². The average molecular weight is 279 g/mol. The van der Waals surface area contributed by atoms with Crippen LogP contribution >= 0.6 is 11.6 Å². The summed E-state index contributed by atoms with van der Waals surface area (Å²) in [5.74, 6) is 5.24. The van der Waals surface area contributed by atoms with Gasteiger partial charge in [-0.25, -0.2) is 4.39 Å². The van der Waals surface area contributed by atoms with Gasteiger partial charge in [0, 0.05) is 10.6 Å². The summed E-state index contributed by atoms with van der Waals surface area (Å²) in [7, 11) is 0. The minimum atomic E-state index is -0.306. The summed E-state index contributed by atoms with van der Waals surface area (Å²) >= 11 is 5.91. The number of halogens is 2. The molecule has 0 saturated heterocycles. The van der Waals surface area contributed by atoms with Gasteiger partial charge in [-0.3, -0.25) is 11.3 Å². The fraction of sp³-hybridized carbons (Fsp3) is 0.200. The largest absolute Gasteiger partial charge is 0.271 e. The van der Waals surface area contributed by atoms with Crippen LogP contribution in [0.2, 0.25) is 5.02 Å². The zero-order valence-corrected chi connectivity index (χ0v) is 11.4. The molecule has 4 heteroatoms. The van der Waals surface area contributed by atoms with Crippen molar-refractivity contribution < 1.29 is 4.39 Å². The Morgan fingerprint density at radius 3 is 2.74 bits per heavy atom. The summed E-state index contributed by atoms with van der Waals surface area (Å²) in [6, 6.07) is 12.3. The lowest BCUT2D eigenvalue weighted by Gasteiger charge is -2.17. The summed E-state index contributed by atoms with van der Waals surface area (Å²) in [6.07, 6.45) is 0.607. The molecule has 0 radical (unpaired) electrons. The molecule has 2 aromatic carbocycles. The summed E-state index contributed by atoms with van der Waals surface area (Å²) in [4.78, 5) is 0. The molecule has 0 bridgehead atoms. The van der Waals surface area contributed by atoms with E-state index in [0.29, 0.717) is 17.0 Å². The summed E-state index contributed by atoms with van der Waals surface area (Å²) in [6.45, 7) is 2.02. The zero-order valence-electron chi connectivity index (χ0n) is 10.7. The molecule has 100 valence electrons. The summed E-state index contributed by atoms with van der Waals surface area (Å²) in [5.41, 5.74) is 5.40. The molecular weight excluding hydrogens is 263 g/mol. The van der Waals surface area contributed by atoms with Gasteiger partial charge in [-0.05, 0) is 37.1 Å². The lowest BCUT2D eigenvalue weighted by molar-refractivity contribution is 0.510. The first kappa shape index (κ1) is 14.0. The molecule has 2 nitrogen and oxygen atoms in total. The molecular formula is C15H16ClFN2. The molecule has 1 unspecified atom stereocenters. The van der Waals surface area contributed by atoms with Crippen LogP contribution in [0.3, 0.4) is 0 Å². The number of rotatable bonds is 4. The fourth-order valence-electron chi connectivity index (χ4n) is 2.12. The van der Waals surface area contributed by atoms with Crippen molar-refractivity contribution in [2.45, 2.75) is 19.4 Å². The normalized spacial score (nSPS) is 12.4. The Bertz CT molecular complexity index is 572. The van der Waals surface area contributed by atoms with Crippen LogP contribution in [-0.4, -0.2) is 0 Å². The van der Waals surface area contributed by atoms with Crippen LogP contribution in [0.5, 0.6) is 0 Å². The smallest absolute Gasteiger partial charge is 0.128 e. The number of nitrogens with two attached hydrogens (primary N) is 1. The number of hydrogen-bond acceptors (Lipinski definition) is 2. The first-order chi connectivity index (χ1) is 9.10. The van der Waals surface area contributed by atoms with Crippen molar-refractivity contribution in [1.82, 2.24) is 5.43 Å². The van der Waals surface area contributed by atoms with Crippen LogP contribution in [0.15, 0.2) is 42.5 Å². The van der Waals surface area contributed by atoms with Gasteiger partial charge in [-0.1, -0.05) is 41.4 Å². The van der Waals surface area contributed by atoms with E-state index in [1.807, 2.05) is 25.1 Å². The number of hydrogen-bond donors (Lipinski definition) is 2. The van der Waals surface area contributed by atoms with Gasteiger partial charge in [0.2, 0.25) is 0 Å². The number of benzene rings is 2. The molecule has 0 amide bonds. The zero-order chi connectivity index (χ0) is 13.8.